The number of thiophene rings is 1. The zero-order valence-corrected chi connectivity index (χ0v) is 15.4. The average molecular weight is 369 g/mol. The predicted octanol–water partition coefficient (Wildman–Crippen LogP) is 2.77. The number of hydrogen-bond donors (Lipinski definition) is 1. The van der Waals surface area contributed by atoms with Gasteiger partial charge in [-0.2, -0.15) is 0 Å². The SMILES string of the molecule is O=C(C1=CCCCC1)N1CCC[C@@H](CNS(=O)(=O)c2cccs2)C1. The van der Waals surface area contributed by atoms with Gasteiger partial charge in [0.25, 0.3) is 0 Å². The highest BCUT2D eigenvalue weighted by molar-refractivity contribution is 7.91. The van der Waals surface area contributed by atoms with Gasteiger partial charge in [0.2, 0.25) is 15.9 Å². The van der Waals surface area contributed by atoms with Gasteiger partial charge in [0.1, 0.15) is 4.21 Å². The molecule has 1 aromatic heterocycles. The predicted molar refractivity (Wildman–Crippen MR) is 95.4 cm³/mol. The maximum atomic E-state index is 12.6. The van der Waals surface area contributed by atoms with Gasteiger partial charge in [-0.25, -0.2) is 13.1 Å². The van der Waals surface area contributed by atoms with E-state index >= 15 is 0 Å². The highest BCUT2D eigenvalue weighted by Gasteiger charge is 2.27. The number of allylic oxidation sites excluding steroid dienone is 1. The minimum absolute atomic E-state index is 0.153. The van der Waals surface area contributed by atoms with Crippen LogP contribution in [0, 0.1) is 5.92 Å². The number of hydrogen-bond acceptors (Lipinski definition) is 4. The average Bonchev–Trinajstić information content (AvgIpc) is 3.16. The molecule has 0 spiro atoms. The Labute approximate surface area is 147 Å². The number of likely N-dealkylation sites (tertiary alicyclic amines) is 1. The molecule has 132 valence electrons. The highest BCUT2D eigenvalue weighted by Crippen LogP contribution is 2.23. The lowest BCUT2D eigenvalue weighted by Crippen LogP contribution is -2.44. The summed E-state index contributed by atoms with van der Waals surface area (Å²) in [5.74, 6) is 0.335. The number of carbonyl (C=O) groups is 1. The number of sulfonamides is 1. The van der Waals surface area contributed by atoms with Gasteiger partial charge >= 0.3 is 0 Å². The molecule has 1 amide bonds. The van der Waals surface area contributed by atoms with Crippen molar-refractivity contribution in [2.75, 3.05) is 19.6 Å². The molecule has 24 heavy (non-hydrogen) atoms. The van der Waals surface area contributed by atoms with E-state index in [2.05, 4.69) is 10.8 Å². The van der Waals surface area contributed by atoms with Gasteiger partial charge in [0, 0.05) is 25.2 Å². The molecule has 7 heteroatoms. The number of amides is 1. The van der Waals surface area contributed by atoms with E-state index in [4.69, 9.17) is 0 Å². The van der Waals surface area contributed by atoms with Crippen LogP contribution >= 0.6 is 11.3 Å². The lowest BCUT2D eigenvalue weighted by molar-refractivity contribution is -0.129. The van der Waals surface area contributed by atoms with Crippen molar-refractivity contribution < 1.29 is 13.2 Å². The molecule has 3 rings (SSSR count). The second-order valence-electron chi connectivity index (χ2n) is 6.52. The van der Waals surface area contributed by atoms with Gasteiger partial charge in [-0.1, -0.05) is 12.1 Å². The first-order chi connectivity index (χ1) is 11.6. The van der Waals surface area contributed by atoms with E-state index in [0.717, 1.165) is 44.2 Å². The molecular formula is C17H24N2O3S2. The summed E-state index contributed by atoms with van der Waals surface area (Å²) >= 11 is 1.22. The second-order valence-corrected chi connectivity index (χ2v) is 9.46. The van der Waals surface area contributed by atoms with E-state index in [1.807, 2.05) is 4.90 Å². The lowest BCUT2D eigenvalue weighted by atomic mass is 9.95. The number of rotatable bonds is 5. The van der Waals surface area contributed by atoms with E-state index < -0.39 is 10.0 Å². The standard InChI is InChI=1S/C17H24N2O3S2/c20-17(15-7-2-1-3-8-15)19-10-4-6-14(13-19)12-18-24(21,22)16-9-5-11-23-16/h5,7,9,11,14,18H,1-4,6,8,10,12-13H2/t14-/m0/s1. The van der Waals surface area contributed by atoms with Gasteiger partial charge in [-0.3, -0.25) is 4.79 Å². The molecular weight excluding hydrogens is 344 g/mol. The molecule has 1 aliphatic heterocycles. The molecule has 0 aromatic carbocycles. The minimum atomic E-state index is -3.42. The molecule has 2 aliphatic rings. The number of piperidine rings is 1. The Bertz CT molecular complexity index is 695. The lowest BCUT2D eigenvalue weighted by Gasteiger charge is -2.33. The highest BCUT2D eigenvalue weighted by atomic mass is 32.2. The molecule has 1 aliphatic carbocycles. The fourth-order valence-corrected chi connectivity index (χ4v) is 5.52. The van der Waals surface area contributed by atoms with Crippen LogP contribution in [0.4, 0.5) is 0 Å². The summed E-state index contributed by atoms with van der Waals surface area (Å²) in [5, 5.41) is 1.76. The van der Waals surface area contributed by atoms with Crippen molar-refractivity contribution in [2.24, 2.45) is 5.92 Å². The molecule has 0 saturated carbocycles. The third-order valence-corrected chi connectivity index (χ3v) is 7.51. The first kappa shape index (κ1) is 17.6. The molecule has 2 heterocycles. The summed E-state index contributed by atoms with van der Waals surface area (Å²) in [6, 6.07) is 3.34. The van der Waals surface area contributed by atoms with Gasteiger partial charge in [-0.15, -0.1) is 11.3 Å². The topological polar surface area (TPSA) is 66.5 Å². The van der Waals surface area contributed by atoms with Gasteiger partial charge in [-0.05, 0) is 55.9 Å². The maximum Gasteiger partial charge on any atom is 0.250 e. The number of nitrogens with one attached hydrogen (secondary N) is 1. The molecule has 1 fully saturated rings. The van der Waals surface area contributed by atoms with Crippen LogP contribution < -0.4 is 4.72 Å². The Kier molecular flexibility index (Phi) is 5.73. The van der Waals surface area contributed by atoms with Crippen molar-refractivity contribution >= 4 is 27.3 Å². The van der Waals surface area contributed by atoms with Gasteiger partial charge in [0.05, 0.1) is 0 Å². The van der Waals surface area contributed by atoms with Crippen molar-refractivity contribution in [1.82, 2.24) is 9.62 Å². The molecule has 0 bridgehead atoms. The van der Waals surface area contributed by atoms with Crippen LogP contribution in [-0.4, -0.2) is 38.9 Å². The first-order valence-corrected chi connectivity index (χ1v) is 10.9. The third-order valence-electron chi connectivity index (χ3n) is 4.69. The third kappa shape index (κ3) is 4.26. The summed E-state index contributed by atoms with van der Waals surface area (Å²) in [4.78, 5) is 14.5. The Morgan fingerprint density at radius 2 is 2.21 bits per heavy atom. The summed E-state index contributed by atoms with van der Waals surface area (Å²) in [6.45, 7) is 1.82. The zero-order valence-electron chi connectivity index (χ0n) is 13.7. The fraction of sp³-hybridized carbons (Fsp3) is 0.588. The summed E-state index contributed by atoms with van der Waals surface area (Å²) in [7, 11) is -3.42. The zero-order chi connectivity index (χ0) is 17.0. The Hall–Kier alpha value is -1.18. The van der Waals surface area contributed by atoms with E-state index in [9.17, 15) is 13.2 Å². The van der Waals surface area contributed by atoms with Crippen molar-refractivity contribution in [3.05, 3.63) is 29.2 Å². The van der Waals surface area contributed by atoms with Crippen LogP contribution in [0.2, 0.25) is 0 Å². The van der Waals surface area contributed by atoms with E-state index in [1.165, 1.54) is 17.8 Å². The number of nitrogens with zero attached hydrogens (tertiary/aromatic N) is 1. The smallest absolute Gasteiger partial charge is 0.250 e. The van der Waals surface area contributed by atoms with Crippen molar-refractivity contribution in [2.45, 2.75) is 42.7 Å². The van der Waals surface area contributed by atoms with Crippen molar-refractivity contribution in [1.29, 1.82) is 0 Å². The maximum absolute atomic E-state index is 12.6. The molecule has 0 radical (unpaired) electrons. The first-order valence-electron chi connectivity index (χ1n) is 8.58. The van der Waals surface area contributed by atoms with E-state index in [1.54, 1.807) is 17.5 Å². The molecule has 0 unspecified atom stereocenters. The van der Waals surface area contributed by atoms with Crippen molar-refractivity contribution in [3.8, 4) is 0 Å². The van der Waals surface area contributed by atoms with Crippen LogP contribution in [0.5, 0.6) is 0 Å². The molecule has 1 N–H and O–H groups in total. The second kappa shape index (κ2) is 7.80. The van der Waals surface area contributed by atoms with Crippen LogP contribution in [0.1, 0.15) is 38.5 Å². The monoisotopic (exact) mass is 368 g/mol. The van der Waals surface area contributed by atoms with Crippen molar-refractivity contribution in [3.63, 3.8) is 0 Å². The van der Waals surface area contributed by atoms with Crippen LogP contribution in [0.3, 0.4) is 0 Å². The van der Waals surface area contributed by atoms with Crippen LogP contribution in [0.25, 0.3) is 0 Å². The Morgan fingerprint density at radius 3 is 2.92 bits per heavy atom. The molecule has 1 saturated heterocycles. The summed E-state index contributed by atoms with van der Waals surface area (Å²) in [5.41, 5.74) is 0.945. The molecule has 1 atom stereocenters. The minimum Gasteiger partial charge on any atom is -0.339 e. The Morgan fingerprint density at radius 1 is 1.33 bits per heavy atom. The Balaban J connectivity index is 1.56. The van der Waals surface area contributed by atoms with Gasteiger partial charge < -0.3 is 4.90 Å². The van der Waals surface area contributed by atoms with E-state index in [0.29, 0.717) is 17.3 Å². The number of carbonyl (C=O) groups excluding carboxylic acids is 1. The fourth-order valence-electron chi connectivity index (χ4n) is 3.37. The molecule has 5 nitrogen and oxygen atoms in total. The van der Waals surface area contributed by atoms with E-state index in [-0.39, 0.29) is 11.8 Å². The summed E-state index contributed by atoms with van der Waals surface area (Å²) in [6.07, 6.45) is 8.11. The van der Waals surface area contributed by atoms with Gasteiger partial charge in [0.15, 0.2) is 0 Å². The van der Waals surface area contributed by atoms with Crippen LogP contribution in [0.15, 0.2) is 33.4 Å². The quantitative estimate of drug-likeness (QED) is 0.869. The summed E-state index contributed by atoms with van der Waals surface area (Å²) < 4.78 is 27.5. The van der Waals surface area contributed by atoms with Crippen LogP contribution in [-0.2, 0) is 14.8 Å². The largest absolute Gasteiger partial charge is 0.339 e. The normalized spacial score (nSPS) is 22.2. The molecule has 1 aromatic rings.